The van der Waals surface area contributed by atoms with Crippen LogP contribution in [0.1, 0.15) is 33.5 Å². The zero-order chi connectivity index (χ0) is 33.7. The van der Waals surface area contributed by atoms with Crippen LogP contribution in [0.4, 0.5) is 13.2 Å². The van der Waals surface area contributed by atoms with Gasteiger partial charge in [0.15, 0.2) is 0 Å². The van der Waals surface area contributed by atoms with E-state index in [9.17, 15) is 22.8 Å². The molecule has 0 aliphatic carbocycles. The van der Waals surface area contributed by atoms with Gasteiger partial charge in [0.25, 0.3) is 0 Å². The van der Waals surface area contributed by atoms with E-state index >= 15 is 0 Å². The first-order chi connectivity index (χ1) is 23.2. The summed E-state index contributed by atoms with van der Waals surface area (Å²) >= 11 is 0. The van der Waals surface area contributed by atoms with Gasteiger partial charge in [-0.05, 0) is 76.2 Å². The molecule has 48 heavy (non-hydrogen) atoms. The lowest BCUT2D eigenvalue weighted by atomic mass is 9.98. The summed E-state index contributed by atoms with van der Waals surface area (Å²) in [5.41, 5.74) is 5.51. The zero-order valence-electron chi connectivity index (χ0n) is 26.3. The number of halogens is 3. The van der Waals surface area contributed by atoms with Crippen LogP contribution in [0.25, 0.3) is 17.2 Å². The smallest absolute Gasteiger partial charge is 0.336 e. The highest BCUT2D eigenvalue weighted by Gasteiger charge is 2.35. The van der Waals surface area contributed by atoms with Gasteiger partial charge in [0.1, 0.15) is 6.04 Å². The minimum absolute atomic E-state index is 0.130. The predicted molar refractivity (Wildman–Crippen MR) is 177 cm³/mol. The molecular formula is C38H34F3N5O2. The van der Waals surface area contributed by atoms with Gasteiger partial charge in [0.2, 0.25) is 11.8 Å². The molecule has 0 saturated carbocycles. The molecule has 6 rings (SSSR count). The van der Waals surface area contributed by atoms with E-state index in [0.29, 0.717) is 25.1 Å². The van der Waals surface area contributed by atoms with Crippen molar-refractivity contribution in [3.05, 3.63) is 149 Å². The Morgan fingerprint density at radius 1 is 0.875 bits per heavy atom. The summed E-state index contributed by atoms with van der Waals surface area (Å²) in [6.45, 7) is 1.08. The van der Waals surface area contributed by atoms with Crippen molar-refractivity contribution in [2.75, 3.05) is 6.54 Å². The van der Waals surface area contributed by atoms with Crippen molar-refractivity contribution in [3.8, 4) is 11.1 Å². The van der Waals surface area contributed by atoms with Gasteiger partial charge in [-0.3, -0.25) is 19.3 Å². The quantitative estimate of drug-likeness (QED) is 0.166. The van der Waals surface area contributed by atoms with Crippen molar-refractivity contribution in [3.63, 3.8) is 0 Å². The second-order valence-corrected chi connectivity index (χ2v) is 11.8. The number of carbonyl (C=O) groups is 2. The van der Waals surface area contributed by atoms with Crippen LogP contribution in [0.5, 0.6) is 0 Å². The molecule has 1 atom stereocenters. The number of pyridine rings is 1. The number of amides is 2. The largest absolute Gasteiger partial charge is 0.416 e. The molecule has 2 aromatic heterocycles. The van der Waals surface area contributed by atoms with Gasteiger partial charge in [-0.2, -0.15) is 18.3 Å². The monoisotopic (exact) mass is 649 g/mol. The standard InChI is InChI=1S/C38H34F3N5O2/c1-44-34(18-22-43-44)24-35(37(48)45-23-19-29-4-2-3-5-32(29)26-45)46(25-28-6-11-30(12-7-28)31-16-20-42-21-17-31)36(47)15-10-27-8-13-33(14-9-27)38(39,40)41/h2-18,20-22,35H,19,23-26H2,1H3. The second-order valence-electron chi connectivity index (χ2n) is 11.8. The van der Waals surface area contributed by atoms with Crippen LogP contribution in [-0.2, 0) is 48.7 Å². The molecule has 3 aromatic carbocycles. The molecule has 5 aromatic rings. The molecule has 0 radical (unpaired) electrons. The highest BCUT2D eigenvalue weighted by atomic mass is 19.4. The number of alkyl halides is 3. The van der Waals surface area contributed by atoms with Crippen molar-refractivity contribution < 1.29 is 22.8 Å². The molecule has 1 aliphatic heterocycles. The fourth-order valence-corrected chi connectivity index (χ4v) is 5.96. The van der Waals surface area contributed by atoms with Crippen LogP contribution < -0.4 is 0 Å². The first-order valence-electron chi connectivity index (χ1n) is 15.6. The molecule has 1 aliphatic rings. The fraction of sp³-hybridized carbons (Fsp3) is 0.211. The van der Waals surface area contributed by atoms with Crippen LogP contribution in [0.15, 0.2) is 116 Å². The van der Waals surface area contributed by atoms with Gasteiger partial charge in [-0.1, -0.05) is 60.7 Å². The summed E-state index contributed by atoms with van der Waals surface area (Å²) in [6.07, 6.45) is 4.37. The molecule has 2 amide bonds. The van der Waals surface area contributed by atoms with Gasteiger partial charge in [0, 0.05) is 63.5 Å². The number of hydrogen-bond acceptors (Lipinski definition) is 4. The summed E-state index contributed by atoms with van der Waals surface area (Å²) in [5.74, 6) is -0.624. The number of carbonyl (C=O) groups excluding carboxylic acids is 2. The molecule has 1 unspecified atom stereocenters. The molecular weight excluding hydrogens is 615 g/mol. The summed E-state index contributed by atoms with van der Waals surface area (Å²) in [7, 11) is 1.79. The first-order valence-corrected chi connectivity index (χ1v) is 15.6. The Hall–Kier alpha value is -5.51. The summed E-state index contributed by atoms with van der Waals surface area (Å²) in [4.78, 5) is 36.1. The Bertz CT molecular complexity index is 1900. The lowest BCUT2D eigenvalue weighted by Crippen LogP contribution is -2.52. The number of aromatic nitrogens is 3. The SMILES string of the molecule is Cn1nccc1CC(C(=O)N1CCc2ccccc2C1)N(Cc1ccc(-c2ccncc2)cc1)C(=O)C=Cc1ccc(C(F)(F)F)cc1. The van der Waals surface area contributed by atoms with Crippen molar-refractivity contribution in [1.82, 2.24) is 24.6 Å². The summed E-state index contributed by atoms with van der Waals surface area (Å²) in [5, 5.41) is 4.29. The van der Waals surface area contributed by atoms with Crippen LogP contribution in [0.2, 0.25) is 0 Å². The minimum atomic E-state index is -4.46. The van der Waals surface area contributed by atoms with Crippen molar-refractivity contribution in [2.24, 2.45) is 7.05 Å². The fourth-order valence-electron chi connectivity index (χ4n) is 5.96. The maximum absolute atomic E-state index is 14.5. The number of nitrogens with zero attached hydrogens (tertiary/aromatic N) is 5. The maximum Gasteiger partial charge on any atom is 0.416 e. The topological polar surface area (TPSA) is 71.3 Å². The third-order valence-electron chi connectivity index (χ3n) is 8.69. The van der Waals surface area contributed by atoms with Gasteiger partial charge in [-0.25, -0.2) is 0 Å². The normalized spacial score (nSPS) is 13.7. The molecule has 0 fully saturated rings. The van der Waals surface area contributed by atoms with Crippen molar-refractivity contribution in [2.45, 2.75) is 38.1 Å². The first kappa shape index (κ1) is 32.4. The van der Waals surface area contributed by atoms with Gasteiger partial charge < -0.3 is 9.80 Å². The van der Waals surface area contributed by atoms with Crippen LogP contribution in [-0.4, -0.2) is 49.0 Å². The van der Waals surface area contributed by atoms with Gasteiger partial charge in [-0.15, -0.1) is 0 Å². The number of fused-ring (bicyclic) bond motifs is 1. The van der Waals surface area contributed by atoms with Crippen LogP contribution in [0.3, 0.4) is 0 Å². The van der Waals surface area contributed by atoms with Gasteiger partial charge >= 0.3 is 6.18 Å². The van der Waals surface area contributed by atoms with Crippen molar-refractivity contribution in [1.29, 1.82) is 0 Å². The highest BCUT2D eigenvalue weighted by Crippen LogP contribution is 2.29. The molecule has 0 saturated heterocycles. The Morgan fingerprint density at radius 3 is 2.23 bits per heavy atom. The average molecular weight is 650 g/mol. The number of benzene rings is 3. The number of aryl methyl sites for hydroxylation is 1. The van der Waals surface area contributed by atoms with E-state index in [1.165, 1.54) is 29.8 Å². The Morgan fingerprint density at radius 2 is 1.56 bits per heavy atom. The Labute approximate surface area is 277 Å². The Balaban J connectivity index is 1.34. The number of hydrogen-bond donors (Lipinski definition) is 0. The molecule has 0 spiro atoms. The van der Waals surface area contributed by atoms with E-state index in [1.54, 1.807) is 40.1 Å². The third-order valence-corrected chi connectivity index (χ3v) is 8.69. The molecule has 244 valence electrons. The van der Waals surface area contributed by atoms with Crippen LogP contribution >= 0.6 is 0 Å². The molecule has 0 N–H and O–H groups in total. The van der Waals surface area contributed by atoms with Crippen molar-refractivity contribution >= 4 is 17.9 Å². The number of rotatable bonds is 9. The highest BCUT2D eigenvalue weighted by molar-refractivity contribution is 5.96. The van der Waals surface area contributed by atoms with E-state index in [1.807, 2.05) is 60.7 Å². The van der Waals surface area contributed by atoms with E-state index in [0.717, 1.165) is 40.1 Å². The molecule has 7 nitrogen and oxygen atoms in total. The zero-order valence-corrected chi connectivity index (χ0v) is 26.3. The van der Waals surface area contributed by atoms with Crippen LogP contribution in [0, 0.1) is 0 Å². The average Bonchev–Trinajstić information content (AvgIpc) is 3.52. The van der Waals surface area contributed by atoms with E-state index in [4.69, 9.17) is 0 Å². The second kappa shape index (κ2) is 14.1. The van der Waals surface area contributed by atoms with E-state index < -0.39 is 23.7 Å². The van der Waals surface area contributed by atoms with Gasteiger partial charge in [0.05, 0.1) is 5.56 Å². The third kappa shape index (κ3) is 7.54. The predicted octanol–water partition coefficient (Wildman–Crippen LogP) is 6.74. The molecule has 0 bridgehead atoms. The summed E-state index contributed by atoms with van der Waals surface area (Å²) in [6, 6.07) is 25.2. The minimum Gasteiger partial charge on any atom is -0.336 e. The Kier molecular flexibility index (Phi) is 9.52. The van der Waals surface area contributed by atoms with E-state index in [-0.39, 0.29) is 18.9 Å². The molecule has 3 heterocycles. The van der Waals surface area contributed by atoms with E-state index in [2.05, 4.69) is 16.1 Å². The lowest BCUT2D eigenvalue weighted by Gasteiger charge is -2.36. The summed E-state index contributed by atoms with van der Waals surface area (Å²) < 4.78 is 41.1. The maximum atomic E-state index is 14.5. The lowest BCUT2D eigenvalue weighted by molar-refractivity contribution is -0.144. The molecule has 10 heteroatoms.